The summed E-state index contributed by atoms with van der Waals surface area (Å²) in [5, 5.41) is 34.8. The van der Waals surface area contributed by atoms with Crippen molar-refractivity contribution >= 4 is 47.4 Å². The van der Waals surface area contributed by atoms with E-state index in [-0.39, 0.29) is 51.5 Å². The third-order valence-electron chi connectivity index (χ3n) is 10.6. The molecule has 0 spiro atoms. The number of carbonyl (C=O) groups excluding carboxylic acids is 6. The Bertz CT molecular complexity index is 2190. The number of nitrogens with two attached hydrogens (primary N) is 3. The van der Waals surface area contributed by atoms with Crippen LogP contribution >= 0.6 is 0 Å². The molecule has 27 heteroatoms. The largest absolute Gasteiger partial charge is 0.481 e. The predicted octanol–water partition coefficient (Wildman–Crippen LogP) is -3.71. The van der Waals surface area contributed by atoms with Gasteiger partial charge in [-0.2, -0.15) is 0 Å². The van der Waals surface area contributed by atoms with Gasteiger partial charge in [0.05, 0.1) is 31.4 Å². The summed E-state index contributed by atoms with van der Waals surface area (Å²) in [7, 11) is 0. The Morgan fingerprint density at radius 3 is 1.13 bits per heavy atom. The van der Waals surface area contributed by atoms with Crippen molar-refractivity contribution in [3.8, 4) is 0 Å². The number of unbranched alkanes of at least 4 members (excludes halogenated alkanes) is 2. The minimum Gasteiger partial charge on any atom is -0.481 e. The molecule has 4 heterocycles. The summed E-state index contributed by atoms with van der Waals surface area (Å²) in [6, 6.07) is -9.46. The van der Waals surface area contributed by atoms with Gasteiger partial charge in [-0.05, 0) is 58.0 Å². The third-order valence-corrected chi connectivity index (χ3v) is 10.6. The molecule has 68 heavy (non-hydrogen) atoms. The van der Waals surface area contributed by atoms with E-state index in [1.54, 1.807) is 0 Å². The lowest BCUT2D eigenvalue weighted by Crippen LogP contribution is -2.60. The maximum Gasteiger partial charge on any atom is 0.326 e. The highest BCUT2D eigenvalue weighted by molar-refractivity contribution is 5.97. The average Bonchev–Trinajstić information content (AvgIpc) is 4.17. The molecule has 27 nitrogen and oxygen atoms in total. The summed E-state index contributed by atoms with van der Waals surface area (Å²) in [6.45, 7) is 0.585. The molecule has 7 atom stereocenters. The maximum atomic E-state index is 14.3. The van der Waals surface area contributed by atoms with Crippen LogP contribution in [-0.2, 0) is 64.0 Å². The zero-order chi connectivity index (χ0) is 49.4. The first-order chi connectivity index (χ1) is 32.7. The second-order valence-electron chi connectivity index (χ2n) is 15.9. The fraction of sp³-hybridized carbons (Fsp3) is 0.512. The Morgan fingerprint density at radius 1 is 0.456 bits per heavy atom. The van der Waals surface area contributed by atoms with Gasteiger partial charge in [-0.25, -0.2) is 24.7 Å². The van der Waals surface area contributed by atoms with Gasteiger partial charge in [0.25, 0.3) is 0 Å². The van der Waals surface area contributed by atoms with Crippen LogP contribution in [-0.4, -0.2) is 153 Å². The highest BCUT2D eigenvalue weighted by atomic mass is 16.4. The van der Waals surface area contributed by atoms with Crippen molar-refractivity contribution in [3.63, 3.8) is 0 Å². The van der Waals surface area contributed by atoms with Gasteiger partial charge in [0.2, 0.25) is 35.4 Å². The van der Waals surface area contributed by atoms with Crippen LogP contribution in [0.25, 0.3) is 0 Å². The van der Waals surface area contributed by atoms with Crippen molar-refractivity contribution in [2.75, 3.05) is 13.1 Å². The average molecular weight is 952 g/mol. The van der Waals surface area contributed by atoms with E-state index in [4.69, 9.17) is 17.2 Å². The Labute approximate surface area is 389 Å². The lowest BCUT2D eigenvalue weighted by Gasteiger charge is -2.27. The summed E-state index contributed by atoms with van der Waals surface area (Å²) < 4.78 is 0. The zero-order valence-corrected chi connectivity index (χ0v) is 37.2. The number of amides is 6. The molecule has 0 aliphatic rings. The smallest absolute Gasteiger partial charge is 0.326 e. The van der Waals surface area contributed by atoms with Crippen molar-refractivity contribution in [1.82, 2.24) is 71.8 Å². The molecular weight excluding hydrogens is 891 g/mol. The summed E-state index contributed by atoms with van der Waals surface area (Å²) in [4.78, 5) is 134. The van der Waals surface area contributed by atoms with Crippen molar-refractivity contribution < 1.29 is 48.6 Å². The topological polar surface area (TPSA) is 442 Å². The van der Waals surface area contributed by atoms with Gasteiger partial charge >= 0.3 is 11.9 Å². The number of nitrogens with one attached hydrogen (secondary N) is 10. The zero-order valence-electron chi connectivity index (χ0n) is 37.2. The molecule has 370 valence electrons. The van der Waals surface area contributed by atoms with Crippen LogP contribution in [0.3, 0.4) is 0 Å². The summed E-state index contributed by atoms with van der Waals surface area (Å²) >= 11 is 0. The second-order valence-corrected chi connectivity index (χ2v) is 15.9. The Kier molecular flexibility index (Phi) is 21.7. The number of H-pyrrole nitrogens is 4. The van der Waals surface area contributed by atoms with Crippen LogP contribution in [0.5, 0.6) is 0 Å². The number of aromatic amines is 4. The van der Waals surface area contributed by atoms with Gasteiger partial charge in [0.15, 0.2) is 0 Å². The van der Waals surface area contributed by atoms with Crippen molar-refractivity contribution in [3.05, 3.63) is 72.9 Å². The van der Waals surface area contributed by atoms with Crippen LogP contribution in [0.4, 0.5) is 0 Å². The normalized spacial score (nSPS) is 14.2. The number of aromatic nitrogens is 8. The van der Waals surface area contributed by atoms with Crippen LogP contribution in [0, 0.1) is 0 Å². The first kappa shape index (κ1) is 53.1. The SMILES string of the molecule is NCCCC[C@H](NC(=O)[C@H](Cc1cnc[nH]1)NC(=O)[C@H](CCCCN)NC(=O)[C@H](Cc1cnc[nH]1)NC(=O)[C@H](Cc1cnc[nH]1)NC(=O)[C@H](CCC(=O)O)NC(=O)[C@@H](N)Cc1cnc[nH]1)C(=O)O. The second kappa shape index (κ2) is 27.8. The van der Waals surface area contributed by atoms with Crippen molar-refractivity contribution in [1.29, 1.82) is 0 Å². The van der Waals surface area contributed by atoms with Crippen LogP contribution in [0.15, 0.2) is 50.1 Å². The molecule has 18 N–H and O–H groups in total. The Hall–Kier alpha value is -7.52. The van der Waals surface area contributed by atoms with E-state index < -0.39 is 96.1 Å². The van der Waals surface area contributed by atoms with E-state index in [1.807, 2.05) is 0 Å². The molecule has 0 radical (unpaired) electrons. The monoisotopic (exact) mass is 951 g/mol. The molecular formula is C41H61N17O10. The number of carboxylic acid groups (broad SMARTS) is 2. The van der Waals surface area contributed by atoms with E-state index in [9.17, 15) is 48.6 Å². The standard InChI is InChI=1S/C41H61N17O10/c42-9-3-1-5-28(36(62)56-32(13-25-17-47-21-51-25)39(65)55-30(41(67)68)6-2-4-10-43)54-38(64)31(12-24-16-46-20-50-24)58-40(66)33(14-26-18-48-22-52-26)57-37(63)29(7-8-34(59)60)53-35(61)27(44)11-23-15-45-19-49-23/h15-22,27-33H,1-14,42-44H2,(H,45,49)(H,46,50)(H,47,51)(H,48,52)(H,53,61)(H,54,64)(H,55,65)(H,56,62)(H,57,63)(H,58,66)(H,59,60)(H,67,68)/t27-,28-,29-,30-,31-,32-,33-/m0/s1. The molecule has 0 unspecified atom stereocenters. The molecule has 0 aliphatic heterocycles. The molecule has 4 aromatic rings. The molecule has 0 fully saturated rings. The van der Waals surface area contributed by atoms with Gasteiger partial charge in [0, 0.05) is 79.7 Å². The minimum atomic E-state index is -1.47. The highest BCUT2D eigenvalue weighted by Crippen LogP contribution is 2.10. The maximum absolute atomic E-state index is 14.3. The molecule has 4 aromatic heterocycles. The predicted molar refractivity (Wildman–Crippen MR) is 239 cm³/mol. The van der Waals surface area contributed by atoms with Crippen molar-refractivity contribution in [2.45, 2.75) is 119 Å². The van der Waals surface area contributed by atoms with E-state index >= 15 is 0 Å². The fourth-order valence-corrected chi connectivity index (χ4v) is 6.89. The summed E-state index contributed by atoms with van der Waals surface area (Å²) in [5.74, 6) is -7.62. The molecule has 6 amide bonds. The molecule has 0 bridgehead atoms. The number of rotatable bonds is 32. The molecule has 0 aliphatic carbocycles. The number of hydrogen-bond donors (Lipinski definition) is 15. The summed E-state index contributed by atoms with van der Waals surface area (Å²) in [5.41, 5.74) is 19.1. The number of hydrogen-bond acceptors (Lipinski definition) is 15. The van der Waals surface area contributed by atoms with Gasteiger partial charge in [-0.1, -0.05) is 0 Å². The number of imidazole rings is 4. The first-order valence-corrected chi connectivity index (χ1v) is 22.0. The third kappa shape index (κ3) is 18.0. The fourth-order valence-electron chi connectivity index (χ4n) is 6.89. The molecule has 0 saturated carbocycles. The quantitative estimate of drug-likeness (QED) is 0.0209. The molecule has 4 rings (SSSR count). The van der Waals surface area contributed by atoms with Crippen LogP contribution in [0.1, 0.15) is 74.1 Å². The lowest BCUT2D eigenvalue weighted by atomic mass is 10.0. The molecule has 0 saturated heterocycles. The van der Waals surface area contributed by atoms with E-state index in [2.05, 4.69) is 71.8 Å². The highest BCUT2D eigenvalue weighted by Gasteiger charge is 2.35. The lowest BCUT2D eigenvalue weighted by molar-refractivity contribution is -0.142. The number of carbonyl (C=O) groups is 8. The van der Waals surface area contributed by atoms with Gasteiger partial charge in [0.1, 0.15) is 36.3 Å². The Morgan fingerprint density at radius 2 is 0.779 bits per heavy atom. The van der Waals surface area contributed by atoms with Crippen molar-refractivity contribution in [2.24, 2.45) is 17.2 Å². The number of carboxylic acids is 2. The van der Waals surface area contributed by atoms with Gasteiger partial charge in [-0.15, -0.1) is 0 Å². The minimum absolute atomic E-state index is 0.0174. The summed E-state index contributed by atoms with van der Waals surface area (Å²) in [6.07, 6.45) is 11.6. The van der Waals surface area contributed by atoms with E-state index in [0.717, 1.165) is 0 Å². The van der Waals surface area contributed by atoms with E-state index in [1.165, 1.54) is 50.1 Å². The number of aliphatic carboxylic acids is 2. The Balaban J connectivity index is 1.58. The first-order valence-electron chi connectivity index (χ1n) is 22.0. The van der Waals surface area contributed by atoms with Crippen LogP contribution in [0.2, 0.25) is 0 Å². The van der Waals surface area contributed by atoms with Gasteiger partial charge < -0.3 is 79.3 Å². The molecule has 0 aromatic carbocycles. The van der Waals surface area contributed by atoms with E-state index in [0.29, 0.717) is 55.0 Å². The van der Waals surface area contributed by atoms with Gasteiger partial charge in [-0.3, -0.25) is 33.6 Å². The van der Waals surface area contributed by atoms with Crippen LogP contribution < -0.4 is 49.1 Å². The number of nitrogens with zero attached hydrogens (tertiary/aromatic N) is 4.